The molecule has 2 aliphatic heterocycles. The molecule has 2 aromatic rings. The fourth-order valence-electron chi connectivity index (χ4n) is 4.48. The van der Waals surface area contributed by atoms with Gasteiger partial charge in [-0.2, -0.15) is 5.10 Å². The van der Waals surface area contributed by atoms with Gasteiger partial charge in [0.2, 0.25) is 5.91 Å². The van der Waals surface area contributed by atoms with Gasteiger partial charge in [0, 0.05) is 57.1 Å². The van der Waals surface area contributed by atoms with Crippen LogP contribution in [0.1, 0.15) is 30.4 Å². The van der Waals surface area contributed by atoms with Gasteiger partial charge in [0.25, 0.3) is 0 Å². The van der Waals surface area contributed by atoms with E-state index in [0.717, 1.165) is 52.1 Å². The number of nitrogens with one attached hydrogen (secondary N) is 1. The van der Waals surface area contributed by atoms with Crippen molar-refractivity contribution in [2.24, 2.45) is 0 Å². The third-order valence-electron chi connectivity index (χ3n) is 6.11. The molecule has 0 unspecified atom stereocenters. The molecule has 0 bridgehead atoms. The Labute approximate surface area is 161 Å². The second-order valence-corrected chi connectivity index (χ2v) is 7.98. The molecule has 3 heterocycles. The third kappa shape index (κ3) is 4.22. The molecule has 4 rings (SSSR count). The molecule has 0 saturated carbocycles. The van der Waals surface area contributed by atoms with E-state index < -0.39 is 0 Å². The maximum Gasteiger partial charge on any atom is 0.220 e. The van der Waals surface area contributed by atoms with Crippen LogP contribution in [0.5, 0.6) is 0 Å². The lowest BCUT2D eigenvalue weighted by Gasteiger charge is -2.49. The summed E-state index contributed by atoms with van der Waals surface area (Å²) in [6, 6.07) is 10.8. The molecule has 2 aliphatic rings. The lowest BCUT2D eigenvalue weighted by Crippen LogP contribution is -2.60. The molecule has 1 amide bonds. The minimum atomic E-state index is 0.115. The van der Waals surface area contributed by atoms with E-state index in [4.69, 9.17) is 0 Å². The van der Waals surface area contributed by atoms with Crippen molar-refractivity contribution in [1.29, 1.82) is 0 Å². The monoisotopic (exact) mass is 367 g/mol. The summed E-state index contributed by atoms with van der Waals surface area (Å²) in [5, 5.41) is 7.34. The fourth-order valence-corrected chi connectivity index (χ4v) is 4.48. The lowest BCUT2D eigenvalue weighted by molar-refractivity contribution is -0.121. The van der Waals surface area contributed by atoms with Gasteiger partial charge in [-0.3, -0.25) is 19.3 Å². The number of likely N-dealkylation sites (N-methyl/N-ethyl adjacent to an activating group) is 1. The SMILES string of the molecule is CN1CCN(Cc2cccc(Cn3cccn3)c2)C[C@]12CCNC(=O)CC2. The summed E-state index contributed by atoms with van der Waals surface area (Å²) < 4.78 is 1.96. The van der Waals surface area contributed by atoms with E-state index >= 15 is 0 Å². The number of amides is 1. The molecule has 2 fully saturated rings. The van der Waals surface area contributed by atoms with E-state index in [0.29, 0.717) is 6.42 Å². The van der Waals surface area contributed by atoms with Gasteiger partial charge in [0.1, 0.15) is 0 Å². The molecule has 1 aromatic carbocycles. The zero-order valence-corrected chi connectivity index (χ0v) is 16.1. The number of carbonyl (C=O) groups is 1. The maximum absolute atomic E-state index is 11.8. The first-order valence-corrected chi connectivity index (χ1v) is 9.89. The van der Waals surface area contributed by atoms with Crippen LogP contribution in [0.3, 0.4) is 0 Å². The largest absolute Gasteiger partial charge is 0.356 e. The molecular weight excluding hydrogens is 338 g/mol. The fraction of sp³-hybridized carbons (Fsp3) is 0.524. The Hall–Kier alpha value is -2.18. The van der Waals surface area contributed by atoms with Crippen LogP contribution >= 0.6 is 0 Å². The number of carbonyl (C=O) groups excluding carboxylic acids is 1. The first kappa shape index (κ1) is 18.2. The highest BCUT2D eigenvalue weighted by atomic mass is 16.1. The molecule has 2 saturated heterocycles. The number of piperazine rings is 1. The zero-order valence-electron chi connectivity index (χ0n) is 16.1. The molecule has 1 atom stereocenters. The minimum Gasteiger partial charge on any atom is -0.356 e. The summed E-state index contributed by atoms with van der Waals surface area (Å²) in [5.41, 5.74) is 2.75. The first-order valence-electron chi connectivity index (χ1n) is 9.89. The standard InChI is InChI=1S/C21H29N5O/c1-24-12-13-25(17-21(24)7-6-20(27)22-10-8-21)15-18-4-2-5-19(14-18)16-26-11-3-9-23-26/h2-5,9,11,14H,6-8,10,12-13,15-17H2,1H3,(H,22,27)/t21-/m0/s1. The third-order valence-corrected chi connectivity index (χ3v) is 6.11. The molecule has 1 N–H and O–H groups in total. The number of hydrogen-bond acceptors (Lipinski definition) is 4. The van der Waals surface area contributed by atoms with Gasteiger partial charge >= 0.3 is 0 Å². The summed E-state index contributed by atoms with van der Waals surface area (Å²) in [6.07, 6.45) is 6.44. The molecule has 6 nitrogen and oxygen atoms in total. The van der Waals surface area contributed by atoms with Gasteiger partial charge < -0.3 is 5.32 Å². The van der Waals surface area contributed by atoms with Gasteiger partial charge in [0.05, 0.1) is 6.54 Å². The predicted molar refractivity (Wildman–Crippen MR) is 105 cm³/mol. The Balaban J connectivity index is 1.44. The average molecular weight is 367 g/mol. The van der Waals surface area contributed by atoms with Gasteiger partial charge in [-0.15, -0.1) is 0 Å². The van der Waals surface area contributed by atoms with Crippen molar-refractivity contribution in [3.8, 4) is 0 Å². The zero-order chi connectivity index (χ0) is 18.7. The maximum atomic E-state index is 11.8. The Morgan fingerprint density at radius 3 is 2.81 bits per heavy atom. The Morgan fingerprint density at radius 2 is 2.00 bits per heavy atom. The highest BCUT2D eigenvalue weighted by Gasteiger charge is 2.40. The molecule has 0 radical (unpaired) electrons. The van der Waals surface area contributed by atoms with Crippen molar-refractivity contribution in [1.82, 2.24) is 24.9 Å². The quantitative estimate of drug-likeness (QED) is 0.894. The molecular formula is C21H29N5O. The van der Waals surface area contributed by atoms with Crippen LogP contribution in [0.2, 0.25) is 0 Å². The van der Waals surface area contributed by atoms with E-state index in [-0.39, 0.29) is 11.4 Å². The molecule has 144 valence electrons. The van der Waals surface area contributed by atoms with E-state index in [1.807, 2.05) is 23.1 Å². The van der Waals surface area contributed by atoms with E-state index in [2.05, 4.69) is 51.5 Å². The van der Waals surface area contributed by atoms with Crippen LogP contribution in [0.4, 0.5) is 0 Å². The number of aromatic nitrogens is 2. The normalized spacial score (nSPS) is 24.7. The molecule has 6 heteroatoms. The van der Waals surface area contributed by atoms with Crippen molar-refractivity contribution in [3.63, 3.8) is 0 Å². The van der Waals surface area contributed by atoms with Gasteiger partial charge in [-0.25, -0.2) is 0 Å². The van der Waals surface area contributed by atoms with E-state index in [1.165, 1.54) is 11.1 Å². The smallest absolute Gasteiger partial charge is 0.220 e. The molecule has 27 heavy (non-hydrogen) atoms. The second-order valence-electron chi connectivity index (χ2n) is 7.98. The van der Waals surface area contributed by atoms with Gasteiger partial charge in [0.15, 0.2) is 0 Å². The van der Waals surface area contributed by atoms with Crippen LogP contribution in [0, 0.1) is 0 Å². The van der Waals surface area contributed by atoms with Gasteiger partial charge in [-0.05, 0) is 37.1 Å². The first-order chi connectivity index (χ1) is 13.1. The van der Waals surface area contributed by atoms with Crippen molar-refractivity contribution in [2.75, 3.05) is 33.2 Å². The van der Waals surface area contributed by atoms with Crippen LogP contribution in [-0.2, 0) is 17.9 Å². The number of hydrogen-bond donors (Lipinski definition) is 1. The second kappa shape index (κ2) is 7.82. The predicted octanol–water partition coefficient (Wildman–Crippen LogP) is 1.72. The number of nitrogens with zero attached hydrogens (tertiary/aromatic N) is 4. The lowest BCUT2D eigenvalue weighted by atomic mass is 9.86. The molecule has 1 aromatic heterocycles. The molecule has 0 aliphatic carbocycles. The molecule has 1 spiro atoms. The summed E-state index contributed by atoms with van der Waals surface area (Å²) >= 11 is 0. The van der Waals surface area contributed by atoms with Crippen LogP contribution in [-0.4, -0.2) is 64.3 Å². The van der Waals surface area contributed by atoms with E-state index in [9.17, 15) is 4.79 Å². The van der Waals surface area contributed by atoms with Crippen molar-refractivity contribution < 1.29 is 4.79 Å². The summed E-state index contributed by atoms with van der Waals surface area (Å²) in [6.45, 7) is 5.72. The highest BCUT2D eigenvalue weighted by Crippen LogP contribution is 2.31. The van der Waals surface area contributed by atoms with Crippen LogP contribution in [0.15, 0.2) is 42.7 Å². The van der Waals surface area contributed by atoms with Crippen LogP contribution < -0.4 is 5.32 Å². The van der Waals surface area contributed by atoms with Crippen molar-refractivity contribution in [2.45, 2.75) is 37.9 Å². The topological polar surface area (TPSA) is 53.4 Å². The summed E-state index contributed by atoms with van der Waals surface area (Å²) in [7, 11) is 2.22. The highest BCUT2D eigenvalue weighted by molar-refractivity contribution is 5.76. The Morgan fingerprint density at radius 1 is 1.15 bits per heavy atom. The summed E-state index contributed by atoms with van der Waals surface area (Å²) in [5.74, 6) is 0.198. The number of benzene rings is 1. The Bertz CT molecular complexity index is 775. The van der Waals surface area contributed by atoms with Crippen LogP contribution in [0.25, 0.3) is 0 Å². The average Bonchev–Trinajstić information content (AvgIpc) is 3.09. The van der Waals surface area contributed by atoms with Crippen molar-refractivity contribution >= 4 is 5.91 Å². The van der Waals surface area contributed by atoms with Crippen molar-refractivity contribution in [3.05, 3.63) is 53.9 Å². The number of rotatable bonds is 4. The van der Waals surface area contributed by atoms with Gasteiger partial charge in [-0.1, -0.05) is 24.3 Å². The minimum absolute atomic E-state index is 0.115. The summed E-state index contributed by atoms with van der Waals surface area (Å²) in [4.78, 5) is 16.8. The Kier molecular flexibility index (Phi) is 5.27. The van der Waals surface area contributed by atoms with E-state index in [1.54, 1.807) is 0 Å².